The largest absolute Gasteiger partial charge is 0.0853 e. The third kappa shape index (κ3) is 2.21. The van der Waals surface area contributed by atoms with E-state index < -0.39 is 0 Å². The van der Waals surface area contributed by atoms with E-state index in [1.807, 2.05) is 0 Å². The fourth-order valence-corrected chi connectivity index (χ4v) is 1.35. The van der Waals surface area contributed by atoms with Crippen molar-refractivity contribution in [3.05, 3.63) is 17.6 Å². The molecule has 0 aromatic rings. The molecular weight excluding hydrogens is 108 g/mol. The summed E-state index contributed by atoms with van der Waals surface area (Å²) in [7, 11) is 0. The molecule has 0 unspecified atom stereocenters. The zero-order valence-corrected chi connectivity index (χ0v) is 6.41. The maximum absolute atomic E-state index is 2.40. The lowest BCUT2D eigenvalue weighted by molar-refractivity contribution is 0.849. The third-order valence-corrected chi connectivity index (χ3v) is 1.72. The number of hydrogen-bond acceptors (Lipinski definition) is 0. The fraction of sp³-hybridized carbons (Fsp3) is 0.667. The predicted octanol–water partition coefficient (Wildman–Crippen LogP) is 3.10. The van der Waals surface area contributed by atoms with Crippen molar-refractivity contribution < 1.29 is 0 Å². The zero-order chi connectivity index (χ0) is 6.69. The normalized spacial score (nSPS) is 18.8. The van der Waals surface area contributed by atoms with Gasteiger partial charge in [0.15, 0.2) is 0 Å². The van der Waals surface area contributed by atoms with Crippen LogP contribution in [0.5, 0.6) is 0 Å². The molecule has 0 saturated carbocycles. The summed E-state index contributed by atoms with van der Waals surface area (Å²) in [4.78, 5) is 0. The molecule has 1 radical (unpaired) electrons. The van der Waals surface area contributed by atoms with Crippen molar-refractivity contribution in [3.8, 4) is 0 Å². The number of hydrogen-bond donors (Lipinski definition) is 0. The van der Waals surface area contributed by atoms with Crippen LogP contribution in [0.15, 0.2) is 11.6 Å². The highest BCUT2D eigenvalue weighted by molar-refractivity contribution is 5.11. The van der Waals surface area contributed by atoms with Crippen molar-refractivity contribution in [2.45, 2.75) is 39.5 Å². The molecule has 0 bridgehead atoms. The molecule has 1 rings (SSSR count). The van der Waals surface area contributed by atoms with E-state index in [0.29, 0.717) is 0 Å². The molecule has 1 aliphatic carbocycles. The van der Waals surface area contributed by atoms with Crippen LogP contribution in [-0.4, -0.2) is 0 Å². The molecule has 51 valence electrons. The molecule has 0 heterocycles. The van der Waals surface area contributed by atoms with Crippen LogP contribution in [0.4, 0.5) is 0 Å². The Morgan fingerprint density at radius 1 is 1.56 bits per heavy atom. The lowest BCUT2D eigenvalue weighted by atomic mass is 10.0. The van der Waals surface area contributed by atoms with Gasteiger partial charge in [0.25, 0.3) is 0 Å². The van der Waals surface area contributed by atoms with Gasteiger partial charge in [-0.05, 0) is 31.6 Å². The molecule has 0 heteroatoms. The van der Waals surface area contributed by atoms with Gasteiger partial charge in [0.2, 0.25) is 0 Å². The molecule has 0 aliphatic heterocycles. The standard InChI is InChI=1S/C9H15/c1-8(2)7-9-5-3-4-6-9/h5H,3-4,6-7H2,1-2H3. The predicted molar refractivity (Wildman–Crippen MR) is 41.1 cm³/mol. The molecule has 1 aliphatic rings. The van der Waals surface area contributed by atoms with E-state index in [0.717, 1.165) is 0 Å². The van der Waals surface area contributed by atoms with Crippen LogP contribution < -0.4 is 0 Å². The molecular formula is C9H15. The summed E-state index contributed by atoms with van der Waals surface area (Å²) in [5.41, 5.74) is 1.66. The molecule has 9 heavy (non-hydrogen) atoms. The lowest BCUT2D eigenvalue weighted by Crippen LogP contribution is -1.85. The summed E-state index contributed by atoms with van der Waals surface area (Å²) in [6, 6.07) is 0. The highest BCUT2D eigenvalue weighted by Gasteiger charge is 2.05. The summed E-state index contributed by atoms with van der Waals surface area (Å²) < 4.78 is 0. The van der Waals surface area contributed by atoms with Gasteiger partial charge >= 0.3 is 0 Å². The summed E-state index contributed by atoms with van der Waals surface area (Å²) >= 11 is 0. The molecule has 0 nitrogen and oxygen atoms in total. The second-order valence-electron chi connectivity index (χ2n) is 3.14. The monoisotopic (exact) mass is 123 g/mol. The van der Waals surface area contributed by atoms with Crippen LogP contribution in [0.1, 0.15) is 39.5 Å². The molecule has 0 N–H and O–H groups in total. The fourth-order valence-electron chi connectivity index (χ4n) is 1.35. The van der Waals surface area contributed by atoms with Crippen LogP contribution in [0.3, 0.4) is 0 Å². The van der Waals surface area contributed by atoms with Crippen LogP contribution in [0.25, 0.3) is 0 Å². The van der Waals surface area contributed by atoms with E-state index in [2.05, 4.69) is 19.9 Å². The molecule has 0 aromatic carbocycles. The maximum Gasteiger partial charge on any atom is -0.0263 e. The van der Waals surface area contributed by atoms with Gasteiger partial charge in [-0.15, -0.1) is 0 Å². The first-order chi connectivity index (χ1) is 4.29. The second kappa shape index (κ2) is 3.05. The lowest BCUT2D eigenvalue weighted by Gasteiger charge is -2.02. The van der Waals surface area contributed by atoms with E-state index in [1.54, 1.807) is 11.5 Å². The minimum Gasteiger partial charge on any atom is -0.0853 e. The van der Waals surface area contributed by atoms with Crippen molar-refractivity contribution >= 4 is 0 Å². The molecule has 0 atom stereocenters. The van der Waals surface area contributed by atoms with Crippen LogP contribution in [-0.2, 0) is 0 Å². The third-order valence-electron chi connectivity index (χ3n) is 1.72. The molecule has 0 aromatic heterocycles. The highest BCUT2D eigenvalue weighted by Crippen LogP contribution is 2.24. The smallest absolute Gasteiger partial charge is 0.0263 e. The second-order valence-corrected chi connectivity index (χ2v) is 3.14. The van der Waals surface area contributed by atoms with Gasteiger partial charge in [-0.25, -0.2) is 0 Å². The Balaban J connectivity index is 2.26. The van der Waals surface area contributed by atoms with E-state index in [1.165, 1.54) is 25.7 Å². The SMILES string of the molecule is C[C](C)CC1=CCCC1. The van der Waals surface area contributed by atoms with Gasteiger partial charge in [0.05, 0.1) is 0 Å². The average Bonchev–Trinajstić information content (AvgIpc) is 2.15. The minimum atomic E-state index is 1.25. The summed E-state index contributed by atoms with van der Waals surface area (Å²) in [6.45, 7) is 4.42. The van der Waals surface area contributed by atoms with Gasteiger partial charge in [-0.3, -0.25) is 0 Å². The van der Waals surface area contributed by atoms with Gasteiger partial charge in [0.1, 0.15) is 0 Å². The van der Waals surface area contributed by atoms with Crippen molar-refractivity contribution in [1.29, 1.82) is 0 Å². The van der Waals surface area contributed by atoms with E-state index in [-0.39, 0.29) is 0 Å². The first-order valence-electron chi connectivity index (χ1n) is 3.76. The molecule has 0 amide bonds. The molecule has 0 saturated heterocycles. The Morgan fingerprint density at radius 3 is 2.78 bits per heavy atom. The van der Waals surface area contributed by atoms with Crippen molar-refractivity contribution in [2.75, 3.05) is 0 Å². The Morgan fingerprint density at radius 2 is 2.33 bits per heavy atom. The van der Waals surface area contributed by atoms with Crippen molar-refractivity contribution in [1.82, 2.24) is 0 Å². The highest BCUT2D eigenvalue weighted by atomic mass is 14.1. The quantitative estimate of drug-likeness (QED) is 0.495. The molecule has 0 spiro atoms. The summed E-state index contributed by atoms with van der Waals surface area (Å²) in [6.07, 6.45) is 7.71. The van der Waals surface area contributed by atoms with Crippen LogP contribution in [0.2, 0.25) is 0 Å². The summed E-state index contributed by atoms with van der Waals surface area (Å²) in [5.74, 6) is 1.54. The number of allylic oxidation sites excluding steroid dienone is 2. The van der Waals surface area contributed by atoms with Crippen LogP contribution in [0, 0.1) is 5.92 Å². The Hall–Kier alpha value is -0.260. The zero-order valence-electron chi connectivity index (χ0n) is 6.41. The maximum atomic E-state index is 2.40. The van der Waals surface area contributed by atoms with Crippen LogP contribution >= 0.6 is 0 Å². The van der Waals surface area contributed by atoms with Gasteiger partial charge < -0.3 is 0 Å². The van der Waals surface area contributed by atoms with Crippen molar-refractivity contribution in [3.63, 3.8) is 0 Å². The average molecular weight is 123 g/mol. The van der Waals surface area contributed by atoms with Crippen molar-refractivity contribution in [2.24, 2.45) is 0 Å². The van der Waals surface area contributed by atoms with Gasteiger partial charge in [-0.1, -0.05) is 25.5 Å². The summed E-state index contributed by atoms with van der Waals surface area (Å²) in [5, 5.41) is 0. The Labute approximate surface area is 58.0 Å². The van der Waals surface area contributed by atoms with E-state index in [4.69, 9.17) is 0 Å². The van der Waals surface area contributed by atoms with Gasteiger partial charge in [0, 0.05) is 0 Å². The van der Waals surface area contributed by atoms with E-state index in [9.17, 15) is 0 Å². The van der Waals surface area contributed by atoms with Gasteiger partial charge in [-0.2, -0.15) is 0 Å². The van der Waals surface area contributed by atoms with E-state index >= 15 is 0 Å². The Kier molecular flexibility index (Phi) is 2.32. The first kappa shape index (κ1) is 6.85. The topological polar surface area (TPSA) is 0 Å². The number of rotatable bonds is 2. The molecule has 0 fully saturated rings. The Bertz CT molecular complexity index is 109. The first-order valence-corrected chi connectivity index (χ1v) is 3.76. The minimum absolute atomic E-state index is 1.25.